The Morgan fingerprint density at radius 1 is 1.40 bits per heavy atom. The molecule has 9 heteroatoms. The van der Waals surface area contributed by atoms with E-state index in [0.717, 1.165) is 18.9 Å². The van der Waals surface area contributed by atoms with Gasteiger partial charge in [0.05, 0.1) is 17.1 Å². The summed E-state index contributed by atoms with van der Waals surface area (Å²) in [7, 11) is 1.53. The van der Waals surface area contributed by atoms with Gasteiger partial charge >= 0.3 is 5.97 Å². The fourth-order valence-corrected chi connectivity index (χ4v) is 2.08. The van der Waals surface area contributed by atoms with E-state index in [2.05, 4.69) is 10.6 Å². The highest BCUT2D eigenvalue weighted by Crippen LogP contribution is 2.24. The lowest BCUT2D eigenvalue weighted by atomic mass is 10.1. The molecular weight excluding hydrogens is 330 g/mol. The molecule has 0 spiro atoms. The first-order valence-electron chi connectivity index (χ1n) is 7.95. The number of rotatable bonds is 9. The molecule has 1 fully saturated rings. The van der Waals surface area contributed by atoms with E-state index in [1.54, 1.807) is 0 Å². The average molecular weight is 351 g/mol. The second-order valence-corrected chi connectivity index (χ2v) is 5.74. The maximum absolute atomic E-state index is 12.4. The largest absolute Gasteiger partial charge is 0.449 e. The number of hydrogen-bond donors (Lipinski definition) is 2. The number of methoxy groups -OCH3 is 1. The van der Waals surface area contributed by atoms with Crippen LogP contribution in [0.5, 0.6) is 0 Å². The molecule has 2 N–H and O–H groups in total. The van der Waals surface area contributed by atoms with E-state index in [1.165, 1.54) is 26.2 Å². The summed E-state index contributed by atoms with van der Waals surface area (Å²) in [6.07, 6.45) is 0.856. The Labute approximate surface area is 144 Å². The van der Waals surface area contributed by atoms with Crippen molar-refractivity contribution in [3.8, 4) is 0 Å². The van der Waals surface area contributed by atoms with Crippen LogP contribution >= 0.6 is 0 Å². The molecule has 1 amide bonds. The van der Waals surface area contributed by atoms with Gasteiger partial charge in [0.2, 0.25) is 0 Å². The van der Waals surface area contributed by atoms with Crippen LogP contribution in [0.15, 0.2) is 18.2 Å². The summed E-state index contributed by atoms with van der Waals surface area (Å²) in [6, 6.07) is 4.00. The van der Waals surface area contributed by atoms with Crippen molar-refractivity contribution in [1.82, 2.24) is 5.32 Å². The van der Waals surface area contributed by atoms with Gasteiger partial charge in [-0.1, -0.05) is 0 Å². The molecule has 25 heavy (non-hydrogen) atoms. The predicted octanol–water partition coefficient (Wildman–Crippen LogP) is 1.48. The summed E-state index contributed by atoms with van der Waals surface area (Å²) in [6.45, 7) is 2.27. The third kappa shape index (κ3) is 5.42. The van der Waals surface area contributed by atoms with Crippen LogP contribution in [0.2, 0.25) is 0 Å². The van der Waals surface area contributed by atoms with Crippen LogP contribution in [0.1, 0.15) is 30.1 Å². The van der Waals surface area contributed by atoms with Crippen LogP contribution in [-0.2, 0) is 14.3 Å². The minimum atomic E-state index is -0.987. The zero-order valence-electron chi connectivity index (χ0n) is 14.1. The minimum absolute atomic E-state index is 0.00336. The molecule has 1 saturated carbocycles. The number of hydrogen-bond acceptors (Lipinski definition) is 7. The van der Waals surface area contributed by atoms with Gasteiger partial charge < -0.3 is 20.1 Å². The van der Waals surface area contributed by atoms with E-state index in [-0.39, 0.29) is 23.2 Å². The molecule has 0 aliphatic heterocycles. The number of anilines is 1. The normalized spacial score (nSPS) is 14.5. The standard InChI is InChI=1S/C16H21N3O6/c1-10(15(20)18-11-3-4-11)25-16(21)13-9-12(19(22)23)5-6-14(13)17-7-8-24-2/h5-6,9-11,17H,3-4,7-8H2,1-2H3,(H,18,20)/t10-/m1/s1. The summed E-state index contributed by atoms with van der Waals surface area (Å²) in [4.78, 5) is 34.7. The lowest BCUT2D eigenvalue weighted by Crippen LogP contribution is -2.37. The van der Waals surface area contributed by atoms with Gasteiger partial charge in [-0.05, 0) is 25.8 Å². The molecule has 0 unspecified atom stereocenters. The van der Waals surface area contributed by atoms with Gasteiger partial charge in [-0.15, -0.1) is 0 Å². The molecule has 1 aliphatic rings. The molecule has 0 aromatic heterocycles. The molecule has 9 nitrogen and oxygen atoms in total. The smallest absolute Gasteiger partial charge is 0.341 e. The molecule has 2 rings (SSSR count). The van der Waals surface area contributed by atoms with E-state index in [1.807, 2.05) is 0 Å². The van der Waals surface area contributed by atoms with Gasteiger partial charge in [0.25, 0.3) is 11.6 Å². The Bertz CT molecular complexity index is 659. The molecule has 0 radical (unpaired) electrons. The number of carbonyl (C=O) groups excluding carboxylic acids is 2. The number of esters is 1. The van der Waals surface area contributed by atoms with Gasteiger partial charge in [-0.3, -0.25) is 14.9 Å². The first-order chi connectivity index (χ1) is 11.9. The first kappa shape index (κ1) is 18.7. The van der Waals surface area contributed by atoms with Gasteiger partial charge in [0.15, 0.2) is 6.10 Å². The average Bonchev–Trinajstić information content (AvgIpc) is 3.38. The summed E-state index contributed by atoms with van der Waals surface area (Å²) < 4.78 is 10.1. The Morgan fingerprint density at radius 3 is 2.72 bits per heavy atom. The summed E-state index contributed by atoms with van der Waals surface area (Å²) in [5, 5.41) is 16.7. The molecule has 136 valence electrons. The van der Waals surface area contributed by atoms with Crippen LogP contribution < -0.4 is 10.6 Å². The number of ether oxygens (including phenoxy) is 2. The van der Waals surface area contributed by atoms with Crippen molar-refractivity contribution in [2.24, 2.45) is 0 Å². The van der Waals surface area contributed by atoms with Crippen molar-refractivity contribution in [3.05, 3.63) is 33.9 Å². The zero-order valence-corrected chi connectivity index (χ0v) is 14.1. The van der Waals surface area contributed by atoms with Crippen molar-refractivity contribution >= 4 is 23.3 Å². The first-order valence-corrected chi connectivity index (χ1v) is 7.95. The second-order valence-electron chi connectivity index (χ2n) is 5.74. The molecule has 1 atom stereocenters. The van der Waals surface area contributed by atoms with Crippen LogP contribution in [0.4, 0.5) is 11.4 Å². The summed E-state index contributed by atoms with van der Waals surface area (Å²) in [5.74, 6) is -1.18. The number of non-ortho nitro benzene ring substituents is 1. The van der Waals surface area contributed by atoms with Gasteiger partial charge in [-0.25, -0.2) is 4.79 Å². The van der Waals surface area contributed by atoms with E-state index in [4.69, 9.17) is 9.47 Å². The van der Waals surface area contributed by atoms with Crippen molar-refractivity contribution < 1.29 is 24.0 Å². The Balaban J connectivity index is 2.11. The molecule has 0 heterocycles. The fourth-order valence-electron chi connectivity index (χ4n) is 2.08. The van der Waals surface area contributed by atoms with E-state index >= 15 is 0 Å². The lowest BCUT2D eigenvalue weighted by Gasteiger charge is -2.15. The number of benzene rings is 1. The Morgan fingerprint density at radius 2 is 2.12 bits per heavy atom. The fraction of sp³-hybridized carbons (Fsp3) is 0.500. The van der Waals surface area contributed by atoms with Crippen LogP contribution in [0.25, 0.3) is 0 Å². The Hall–Kier alpha value is -2.68. The van der Waals surface area contributed by atoms with E-state index in [0.29, 0.717) is 18.8 Å². The van der Waals surface area contributed by atoms with Crippen LogP contribution in [0, 0.1) is 10.1 Å². The predicted molar refractivity (Wildman–Crippen MR) is 89.5 cm³/mol. The molecule has 0 saturated heterocycles. The van der Waals surface area contributed by atoms with Crippen LogP contribution in [0.3, 0.4) is 0 Å². The number of nitrogens with zero attached hydrogens (tertiary/aromatic N) is 1. The molecule has 1 aromatic rings. The number of nitro benzene ring substituents is 1. The maximum Gasteiger partial charge on any atom is 0.341 e. The van der Waals surface area contributed by atoms with Crippen LogP contribution in [-0.4, -0.2) is 49.2 Å². The van der Waals surface area contributed by atoms with E-state index in [9.17, 15) is 19.7 Å². The maximum atomic E-state index is 12.4. The van der Waals surface area contributed by atoms with Crippen molar-refractivity contribution in [2.75, 3.05) is 25.6 Å². The molecule has 1 aliphatic carbocycles. The highest BCUT2D eigenvalue weighted by Gasteiger charge is 2.28. The van der Waals surface area contributed by atoms with Crippen molar-refractivity contribution in [3.63, 3.8) is 0 Å². The third-order valence-electron chi connectivity index (χ3n) is 3.63. The number of nitro groups is 1. The SMILES string of the molecule is COCCNc1ccc([N+](=O)[O-])cc1C(=O)O[C@H](C)C(=O)NC1CC1. The minimum Gasteiger partial charge on any atom is -0.449 e. The van der Waals surface area contributed by atoms with Gasteiger partial charge in [-0.2, -0.15) is 0 Å². The third-order valence-corrected chi connectivity index (χ3v) is 3.63. The zero-order chi connectivity index (χ0) is 18.4. The molecule has 1 aromatic carbocycles. The molecular formula is C16H21N3O6. The lowest BCUT2D eigenvalue weighted by molar-refractivity contribution is -0.384. The number of amides is 1. The highest BCUT2D eigenvalue weighted by molar-refractivity contribution is 5.98. The highest BCUT2D eigenvalue weighted by atomic mass is 16.6. The second kappa shape index (κ2) is 8.43. The Kier molecular flexibility index (Phi) is 6.29. The summed E-state index contributed by atoms with van der Waals surface area (Å²) >= 11 is 0. The van der Waals surface area contributed by atoms with Crippen molar-refractivity contribution in [1.29, 1.82) is 0 Å². The van der Waals surface area contributed by atoms with E-state index < -0.39 is 17.0 Å². The van der Waals surface area contributed by atoms with Gasteiger partial charge in [0, 0.05) is 37.5 Å². The monoisotopic (exact) mass is 351 g/mol. The quantitative estimate of drug-likeness (QED) is 0.299. The topological polar surface area (TPSA) is 120 Å². The molecule has 0 bridgehead atoms. The van der Waals surface area contributed by atoms with Gasteiger partial charge in [0.1, 0.15) is 0 Å². The summed E-state index contributed by atoms with van der Waals surface area (Å²) in [5.41, 5.74) is 0.137. The number of carbonyl (C=O) groups is 2. The number of nitrogens with one attached hydrogen (secondary N) is 2. The van der Waals surface area contributed by atoms with Crippen molar-refractivity contribution in [2.45, 2.75) is 31.9 Å².